The van der Waals surface area contributed by atoms with E-state index in [2.05, 4.69) is 49.6 Å². The number of aryl methyl sites for hydroxylation is 1. The van der Waals surface area contributed by atoms with Crippen LogP contribution in [0.25, 0.3) is 0 Å². The summed E-state index contributed by atoms with van der Waals surface area (Å²) in [7, 11) is 0. The summed E-state index contributed by atoms with van der Waals surface area (Å²) in [6, 6.07) is 0. The van der Waals surface area contributed by atoms with Gasteiger partial charge in [0.1, 0.15) is 0 Å². The summed E-state index contributed by atoms with van der Waals surface area (Å²) in [4.78, 5) is 0. The largest absolute Gasteiger partial charge is 0.244 e. The van der Waals surface area contributed by atoms with E-state index in [0.717, 1.165) is 6.42 Å². The Hall–Kier alpha value is -0.860. The van der Waals surface area contributed by atoms with E-state index in [9.17, 15) is 0 Å². The van der Waals surface area contributed by atoms with Gasteiger partial charge in [0.05, 0.1) is 16.9 Å². The van der Waals surface area contributed by atoms with Gasteiger partial charge in [-0.15, -0.1) is 5.10 Å². The summed E-state index contributed by atoms with van der Waals surface area (Å²) >= 11 is 0. The summed E-state index contributed by atoms with van der Waals surface area (Å²) in [5, 5.41) is 8.92. The predicted molar refractivity (Wildman–Crippen MR) is 74.8 cm³/mol. The smallest absolute Gasteiger partial charge is 0.0862 e. The first-order chi connectivity index (χ1) is 8.41. The SMILES string of the molecule is CC(C)C1CCCCCc2nnn(C(C)(C)C)c21. The third kappa shape index (κ3) is 2.60. The van der Waals surface area contributed by atoms with Gasteiger partial charge < -0.3 is 0 Å². The molecule has 0 N–H and O–H groups in total. The lowest BCUT2D eigenvalue weighted by Gasteiger charge is -2.29. The molecule has 1 unspecified atom stereocenters. The molecule has 1 aliphatic rings. The predicted octanol–water partition coefficient (Wildman–Crippen LogP) is 3.89. The Bertz CT molecular complexity index is 398. The van der Waals surface area contributed by atoms with Crippen molar-refractivity contribution in [3.63, 3.8) is 0 Å². The molecule has 1 heterocycles. The molecule has 0 radical (unpaired) electrons. The minimum atomic E-state index is 0.0346. The van der Waals surface area contributed by atoms with Gasteiger partial charge in [0.15, 0.2) is 0 Å². The second kappa shape index (κ2) is 5.02. The highest BCUT2D eigenvalue weighted by molar-refractivity contribution is 5.19. The summed E-state index contributed by atoms with van der Waals surface area (Å²) in [6.45, 7) is 11.3. The van der Waals surface area contributed by atoms with Crippen molar-refractivity contribution in [3.8, 4) is 0 Å². The number of nitrogens with zero attached hydrogens (tertiary/aromatic N) is 3. The number of fused-ring (bicyclic) bond motifs is 1. The van der Waals surface area contributed by atoms with Crippen LogP contribution in [0.4, 0.5) is 0 Å². The quantitative estimate of drug-likeness (QED) is 0.756. The van der Waals surface area contributed by atoms with Gasteiger partial charge in [0, 0.05) is 5.92 Å². The molecule has 18 heavy (non-hydrogen) atoms. The van der Waals surface area contributed by atoms with Gasteiger partial charge in [-0.2, -0.15) is 0 Å². The van der Waals surface area contributed by atoms with Crippen molar-refractivity contribution >= 4 is 0 Å². The van der Waals surface area contributed by atoms with Gasteiger partial charge in [0.2, 0.25) is 0 Å². The summed E-state index contributed by atoms with van der Waals surface area (Å²) in [6.07, 6.45) is 6.34. The Morgan fingerprint density at radius 3 is 2.50 bits per heavy atom. The minimum Gasteiger partial charge on any atom is -0.244 e. The first kappa shape index (κ1) is 13.6. The van der Waals surface area contributed by atoms with Gasteiger partial charge in [-0.1, -0.05) is 31.9 Å². The maximum Gasteiger partial charge on any atom is 0.0862 e. The van der Waals surface area contributed by atoms with Crippen LogP contribution in [0.1, 0.15) is 77.6 Å². The van der Waals surface area contributed by atoms with Gasteiger partial charge in [-0.25, -0.2) is 4.68 Å². The molecule has 3 heteroatoms. The molecule has 0 spiro atoms. The maximum atomic E-state index is 4.47. The fourth-order valence-corrected chi connectivity index (χ4v) is 2.98. The molecule has 0 aliphatic heterocycles. The Kier molecular flexibility index (Phi) is 3.79. The van der Waals surface area contributed by atoms with Crippen LogP contribution in [0.3, 0.4) is 0 Å². The second-order valence-electron chi connectivity index (χ2n) is 6.95. The molecule has 1 atom stereocenters. The van der Waals surface area contributed by atoms with Crippen molar-refractivity contribution in [1.82, 2.24) is 15.0 Å². The van der Waals surface area contributed by atoms with Crippen LogP contribution in [0.15, 0.2) is 0 Å². The summed E-state index contributed by atoms with van der Waals surface area (Å²) < 4.78 is 2.18. The molecular formula is C15H27N3. The van der Waals surface area contributed by atoms with Crippen molar-refractivity contribution in [3.05, 3.63) is 11.4 Å². The number of hydrogen-bond acceptors (Lipinski definition) is 2. The first-order valence-corrected chi connectivity index (χ1v) is 7.36. The fraction of sp³-hybridized carbons (Fsp3) is 0.867. The average molecular weight is 249 g/mol. The van der Waals surface area contributed by atoms with E-state index in [0.29, 0.717) is 11.8 Å². The van der Waals surface area contributed by atoms with Crippen molar-refractivity contribution < 1.29 is 0 Å². The van der Waals surface area contributed by atoms with Crippen LogP contribution >= 0.6 is 0 Å². The highest BCUT2D eigenvalue weighted by Gasteiger charge is 2.30. The third-order valence-electron chi connectivity index (χ3n) is 4.00. The van der Waals surface area contributed by atoms with Crippen LogP contribution in [-0.4, -0.2) is 15.0 Å². The Morgan fingerprint density at radius 1 is 1.17 bits per heavy atom. The molecule has 3 nitrogen and oxygen atoms in total. The Labute approximate surface area is 111 Å². The summed E-state index contributed by atoms with van der Waals surface area (Å²) in [5.41, 5.74) is 2.70. The first-order valence-electron chi connectivity index (χ1n) is 7.36. The molecular weight excluding hydrogens is 222 g/mol. The lowest BCUT2D eigenvalue weighted by Crippen LogP contribution is -2.28. The van der Waals surface area contributed by atoms with E-state index in [1.54, 1.807) is 0 Å². The molecule has 0 saturated carbocycles. The van der Waals surface area contributed by atoms with E-state index in [-0.39, 0.29) is 5.54 Å². The lowest BCUT2D eigenvalue weighted by atomic mass is 9.83. The third-order valence-corrected chi connectivity index (χ3v) is 4.00. The van der Waals surface area contributed by atoms with Gasteiger partial charge in [-0.05, 0) is 46.0 Å². The normalized spacial score (nSPS) is 21.6. The molecule has 0 bridgehead atoms. The molecule has 1 aromatic rings. The molecule has 0 amide bonds. The van der Waals surface area contributed by atoms with Crippen LogP contribution in [0.2, 0.25) is 0 Å². The van der Waals surface area contributed by atoms with E-state index >= 15 is 0 Å². The summed E-state index contributed by atoms with van der Waals surface area (Å²) in [5.74, 6) is 1.29. The van der Waals surface area contributed by atoms with Crippen molar-refractivity contribution in [2.45, 2.75) is 78.2 Å². The van der Waals surface area contributed by atoms with Crippen molar-refractivity contribution in [2.75, 3.05) is 0 Å². The van der Waals surface area contributed by atoms with Crippen molar-refractivity contribution in [1.29, 1.82) is 0 Å². The molecule has 1 aliphatic carbocycles. The number of hydrogen-bond donors (Lipinski definition) is 0. The van der Waals surface area contributed by atoms with E-state index in [1.165, 1.54) is 37.1 Å². The number of aromatic nitrogens is 3. The zero-order valence-electron chi connectivity index (χ0n) is 12.5. The Balaban J connectivity index is 2.48. The highest BCUT2D eigenvalue weighted by Crippen LogP contribution is 2.36. The average Bonchev–Trinajstić information content (AvgIpc) is 2.60. The van der Waals surface area contributed by atoms with E-state index in [4.69, 9.17) is 0 Å². The molecule has 102 valence electrons. The van der Waals surface area contributed by atoms with Gasteiger partial charge in [0.25, 0.3) is 0 Å². The van der Waals surface area contributed by atoms with E-state index in [1.807, 2.05) is 0 Å². The molecule has 2 rings (SSSR count). The van der Waals surface area contributed by atoms with Crippen LogP contribution in [-0.2, 0) is 12.0 Å². The van der Waals surface area contributed by atoms with Gasteiger partial charge in [-0.3, -0.25) is 0 Å². The fourth-order valence-electron chi connectivity index (χ4n) is 2.98. The lowest BCUT2D eigenvalue weighted by molar-refractivity contribution is 0.308. The number of rotatable bonds is 1. The molecule has 0 saturated heterocycles. The zero-order valence-corrected chi connectivity index (χ0v) is 12.5. The van der Waals surface area contributed by atoms with Crippen LogP contribution < -0.4 is 0 Å². The molecule has 0 fully saturated rings. The maximum absolute atomic E-state index is 4.47. The highest BCUT2D eigenvalue weighted by atomic mass is 15.5. The second-order valence-corrected chi connectivity index (χ2v) is 6.95. The van der Waals surface area contributed by atoms with Crippen LogP contribution in [0, 0.1) is 5.92 Å². The van der Waals surface area contributed by atoms with Crippen molar-refractivity contribution in [2.24, 2.45) is 5.92 Å². The van der Waals surface area contributed by atoms with Crippen LogP contribution in [0.5, 0.6) is 0 Å². The Morgan fingerprint density at radius 2 is 1.89 bits per heavy atom. The topological polar surface area (TPSA) is 30.7 Å². The monoisotopic (exact) mass is 249 g/mol. The standard InChI is InChI=1S/C15H27N3/c1-11(2)12-9-7-6-8-10-13-14(12)18(17-16-13)15(3,4)5/h11-12H,6-10H2,1-5H3. The van der Waals surface area contributed by atoms with E-state index < -0.39 is 0 Å². The molecule has 1 aromatic heterocycles. The molecule has 0 aromatic carbocycles. The van der Waals surface area contributed by atoms with Gasteiger partial charge >= 0.3 is 0 Å². The minimum absolute atomic E-state index is 0.0346. The zero-order chi connectivity index (χ0) is 13.3.